The molecule has 0 spiro atoms. The fourth-order valence-electron chi connectivity index (χ4n) is 1.37. The van der Waals surface area contributed by atoms with Gasteiger partial charge in [-0.05, 0) is 6.42 Å². The predicted octanol–water partition coefficient (Wildman–Crippen LogP) is 1.15. The molecule has 0 aromatic carbocycles. The number of amides is 2. The number of aliphatic hydroxyl groups is 1. The van der Waals surface area contributed by atoms with Crippen LogP contribution >= 0.6 is 11.3 Å². The van der Waals surface area contributed by atoms with E-state index in [-0.39, 0.29) is 6.03 Å². The summed E-state index contributed by atoms with van der Waals surface area (Å²) in [4.78, 5) is 15.4. The Kier molecular flexibility index (Phi) is 6.57. The molecule has 0 aliphatic heterocycles. The lowest BCUT2D eigenvalue weighted by atomic mass is 10.2. The molecule has 96 valence electrons. The van der Waals surface area contributed by atoms with Crippen LogP contribution in [-0.4, -0.2) is 35.3 Å². The van der Waals surface area contributed by atoms with E-state index in [4.69, 9.17) is 0 Å². The van der Waals surface area contributed by atoms with Crippen LogP contribution in [0.15, 0.2) is 10.9 Å². The van der Waals surface area contributed by atoms with Crippen LogP contribution in [0, 0.1) is 0 Å². The summed E-state index contributed by atoms with van der Waals surface area (Å²) in [6.45, 7) is 2.85. The van der Waals surface area contributed by atoms with E-state index in [9.17, 15) is 9.90 Å². The first-order valence-electron chi connectivity index (χ1n) is 5.79. The van der Waals surface area contributed by atoms with E-state index in [0.29, 0.717) is 19.5 Å². The van der Waals surface area contributed by atoms with Crippen LogP contribution in [-0.2, 0) is 6.42 Å². The highest BCUT2D eigenvalue weighted by Gasteiger charge is 2.05. The first-order valence-corrected chi connectivity index (χ1v) is 6.73. The minimum absolute atomic E-state index is 0.240. The van der Waals surface area contributed by atoms with E-state index < -0.39 is 6.10 Å². The molecule has 0 saturated heterocycles. The summed E-state index contributed by atoms with van der Waals surface area (Å²) in [6.07, 6.45) is 1.89. The van der Waals surface area contributed by atoms with Crippen LogP contribution in [0.5, 0.6) is 0 Å². The molecule has 17 heavy (non-hydrogen) atoms. The van der Waals surface area contributed by atoms with E-state index in [1.807, 2.05) is 12.3 Å². The summed E-state index contributed by atoms with van der Waals surface area (Å²) in [7, 11) is 0. The van der Waals surface area contributed by atoms with Gasteiger partial charge in [0.25, 0.3) is 0 Å². The van der Waals surface area contributed by atoms with Gasteiger partial charge in [0.05, 0.1) is 17.3 Å². The molecule has 1 aromatic heterocycles. The molecule has 1 heterocycles. The lowest BCUT2D eigenvalue weighted by Crippen LogP contribution is -2.40. The summed E-state index contributed by atoms with van der Waals surface area (Å²) >= 11 is 1.55. The van der Waals surface area contributed by atoms with Crippen LogP contribution in [0.25, 0.3) is 0 Å². The van der Waals surface area contributed by atoms with Crippen molar-refractivity contribution in [2.24, 2.45) is 0 Å². The number of nitrogens with one attached hydrogen (secondary N) is 2. The molecule has 6 heteroatoms. The number of rotatable bonds is 7. The number of aliphatic hydroxyl groups excluding tert-OH is 1. The maximum absolute atomic E-state index is 11.3. The second kappa shape index (κ2) is 8.03. The van der Waals surface area contributed by atoms with Crippen LogP contribution < -0.4 is 10.6 Å². The molecular weight excluding hydrogens is 238 g/mol. The summed E-state index contributed by atoms with van der Waals surface area (Å²) in [5.41, 5.74) is 2.76. The van der Waals surface area contributed by atoms with Crippen molar-refractivity contribution in [2.75, 3.05) is 13.1 Å². The molecule has 3 N–H and O–H groups in total. The number of thiazole rings is 1. The maximum Gasteiger partial charge on any atom is 0.314 e. The van der Waals surface area contributed by atoms with Gasteiger partial charge in [0, 0.05) is 24.9 Å². The van der Waals surface area contributed by atoms with E-state index in [1.165, 1.54) is 0 Å². The lowest BCUT2D eigenvalue weighted by molar-refractivity contribution is 0.160. The SMILES string of the molecule is CCCC(O)CNC(=O)NCCc1cscn1. The van der Waals surface area contributed by atoms with E-state index in [1.54, 1.807) is 16.8 Å². The molecule has 1 rings (SSSR count). The average molecular weight is 257 g/mol. The van der Waals surface area contributed by atoms with Gasteiger partial charge in [0.15, 0.2) is 0 Å². The van der Waals surface area contributed by atoms with Gasteiger partial charge in [-0.15, -0.1) is 11.3 Å². The Morgan fingerprint density at radius 2 is 2.41 bits per heavy atom. The number of aromatic nitrogens is 1. The Morgan fingerprint density at radius 3 is 3.06 bits per heavy atom. The lowest BCUT2D eigenvalue weighted by Gasteiger charge is -2.11. The normalized spacial score (nSPS) is 12.1. The fraction of sp³-hybridized carbons (Fsp3) is 0.636. The van der Waals surface area contributed by atoms with Gasteiger partial charge < -0.3 is 15.7 Å². The molecule has 5 nitrogen and oxygen atoms in total. The van der Waals surface area contributed by atoms with Crippen molar-refractivity contribution < 1.29 is 9.90 Å². The monoisotopic (exact) mass is 257 g/mol. The molecule has 1 unspecified atom stereocenters. The van der Waals surface area contributed by atoms with Gasteiger partial charge >= 0.3 is 6.03 Å². The highest BCUT2D eigenvalue weighted by molar-refractivity contribution is 7.07. The average Bonchev–Trinajstić information content (AvgIpc) is 2.80. The molecule has 1 aromatic rings. The van der Waals surface area contributed by atoms with Crippen molar-refractivity contribution in [3.8, 4) is 0 Å². The zero-order valence-corrected chi connectivity index (χ0v) is 10.8. The summed E-state index contributed by atoms with van der Waals surface area (Å²) in [5.74, 6) is 0. The third-order valence-corrected chi connectivity index (χ3v) is 2.91. The minimum Gasteiger partial charge on any atom is -0.391 e. The first-order chi connectivity index (χ1) is 8.22. The van der Waals surface area contributed by atoms with Gasteiger partial charge in [0.2, 0.25) is 0 Å². The number of carbonyl (C=O) groups excluding carboxylic acids is 1. The number of hydrogen-bond donors (Lipinski definition) is 3. The smallest absolute Gasteiger partial charge is 0.314 e. The van der Waals surface area contributed by atoms with Gasteiger partial charge in [-0.25, -0.2) is 9.78 Å². The van der Waals surface area contributed by atoms with Gasteiger partial charge in [0.1, 0.15) is 0 Å². The molecule has 0 saturated carbocycles. The van der Waals surface area contributed by atoms with Crippen LogP contribution in [0.1, 0.15) is 25.5 Å². The van der Waals surface area contributed by atoms with Crippen molar-refractivity contribution in [3.05, 3.63) is 16.6 Å². The van der Waals surface area contributed by atoms with Crippen molar-refractivity contribution in [1.29, 1.82) is 0 Å². The van der Waals surface area contributed by atoms with Crippen molar-refractivity contribution >= 4 is 17.4 Å². The quantitative estimate of drug-likeness (QED) is 0.686. The Morgan fingerprint density at radius 1 is 1.59 bits per heavy atom. The van der Waals surface area contributed by atoms with Crippen molar-refractivity contribution in [2.45, 2.75) is 32.3 Å². The zero-order chi connectivity index (χ0) is 12.5. The number of carbonyl (C=O) groups is 1. The largest absolute Gasteiger partial charge is 0.391 e. The van der Waals surface area contributed by atoms with Gasteiger partial charge in [-0.2, -0.15) is 0 Å². The van der Waals surface area contributed by atoms with Gasteiger partial charge in [-0.1, -0.05) is 13.3 Å². The number of urea groups is 1. The molecule has 0 aliphatic rings. The van der Waals surface area contributed by atoms with E-state index in [2.05, 4.69) is 15.6 Å². The van der Waals surface area contributed by atoms with Crippen molar-refractivity contribution in [1.82, 2.24) is 15.6 Å². The highest BCUT2D eigenvalue weighted by atomic mass is 32.1. The Labute approximate surface area is 105 Å². The second-order valence-corrected chi connectivity index (χ2v) is 4.53. The molecule has 1 atom stereocenters. The van der Waals surface area contributed by atoms with Gasteiger partial charge in [-0.3, -0.25) is 0 Å². The topological polar surface area (TPSA) is 74.2 Å². The van der Waals surface area contributed by atoms with E-state index in [0.717, 1.165) is 18.5 Å². The summed E-state index contributed by atoms with van der Waals surface area (Å²) in [6, 6.07) is -0.240. The summed E-state index contributed by atoms with van der Waals surface area (Å²) in [5, 5.41) is 16.7. The van der Waals surface area contributed by atoms with Crippen LogP contribution in [0.4, 0.5) is 4.79 Å². The third-order valence-electron chi connectivity index (χ3n) is 2.27. The van der Waals surface area contributed by atoms with Crippen LogP contribution in [0.3, 0.4) is 0 Å². The Balaban J connectivity index is 2.05. The molecule has 0 bridgehead atoms. The number of nitrogens with zero attached hydrogens (tertiary/aromatic N) is 1. The minimum atomic E-state index is -0.454. The highest BCUT2D eigenvalue weighted by Crippen LogP contribution is 2.00. The Bertz CT molecular complexity index is 317. The third kappa shape index (κ3) is 6.23. The molecule has 2 amide bonds. The zero-order valence-electron chi connectivity index (χ0n) is 9.98. The molecule has 0 aliphatic carbocycles. The first kappa shape index (κ1) is 13.9. The molecule has 0 radical (unpaired) electrons. The predicted molar refractivity (Wildman–Crippen MR) is 68.1 cm³/mol. The summed E-state index contributed by atoms with van der Waals surface area (Å²) < 4.78 is 0. The fourth-order valence-corrected chi connectivity index (χ4v) is 1.97. The Hall–Kier alpha value is -1.14. The maximum atomic E-state index is 11.3. The molecule has 0 fully saturated rings. The standard InChI is InChI=1S/C11H19N3O2S/c1-2-3-10(15)6-13-11(16)12-5-4-9-7-17-8-14-9/h7-8,10,15H,2-6H2,1H3,(H2,12,13,16). The van der Waals surface area contributed by atoms with Crippen LogP contribution in [0.2, 0.25) is 0 Å². The number of hydrogen-bond acceptors (Lipinski definition) is 4. The van der Waals surface area contributed by atoms with E-state index >= 15 is 0 Å². The van der Waals surface area contributed by atoms with Crippen molar-refractivity contribution in [3.63, 3.8) is 0 Å². The second-order valence-electron chi connectivity index (χ2n) is 3.81. The molecular formula is C11H19N3O2S.